The van der Waals surface area contributed by atoms with Crippen molar-refractivity contribution in [3.8, 4) is 0 Å². The van der Waals surface area contributed by atoms with Crippen LogP contribution in [0.3, 0.4) is 0 Å². The highest BCUT2D eigenvalue weighted by molar-refractivity contribution is 6.99. The highest BCUT2D eigenvalue weighted by Gasteiger charge is 2.59. The van der Waals surface area contributed by atoms with Crippen LogP contribution in [0.5, 0.6) is 0 Å². The molecule has 2 saturated heterocycles. The lowest BCUT2D eigenvalue weighted by atomic mass is 9.69. The summed E-state index contributed by atoms with van der Waals surface area (Å²) in [6, 6.07) is 25.1. The first-order chi connectivity index (χ1) is 25.2. The minimum atomic E-state index is -2.86. The highest BCUT2D eigenvalue weighted by Crippen LogP contribution is 2.51. The maximum absolute atomic E-state index is 14.3. The summed E-state index contributed by atoms with van der Waals surface area (Å²) in [6.07, 6.45) is 10.0. The zero-order valence-corrected chi connectivity index (χ0v) is 32.3. The molecule has 1 saturated carbocycles. The molecule has 7 nitrogen and oxygen atoms in total. The van der Waals surface area contributed by atoms with Gasteiger partial charge in [-0.2, -0.15) is 0 Å². The Kier molecular flexibility index (Phi) is 10.9. The maximum Gasteiger partial charge on any atom is 0.261 e. The Morgan fingerprint density at radius 2 is 1.60 bits per heavy atom. The van der Waals surface area contributed by atoms with E-state index in [0.29, 0.717) is 25.4 Å². The SMILES string of the molecule is CC/C(=C\c1ccc(CO)o1)CC[C@H]1OC[C@H]2C1=C(CO[Si](c1ccccc1)(c1ccccc1)C(C)(C)C)C[C@H]1C(=O)N(C3CCCCC3)C(=O)[C@H]12. The molecule has 2 aliphatic heterocycles. The molecule has 52 heavy (non-hydrogen) atoms. The number of carbonyl (C=O) groups excluding carboxylic acids is 2. The van der Waals surface area contributed by atoms with Crippen LogP contribution in [-0.4, -0.2) is 55.5 Å². The molecule has 3 fully saturated rings. The van der Waals surface area contributed by atoms with Crippen molar-refractivity contribution in [3.63, 3.8) is 0 Å². The quantitative estimate of drug-likeness (QED) is 0.118. The molecule has 7 rings (SSSR count). The van der Waals surface area contributed by atoms with Gasteiger partial charge in [0.2, 0.25) is 11.8 Å². The van der Waals surface area contributed by atoms with E-state index in [1.54, 1.807) is 4.90 Å². The molecule has 0 bridgehead atoms. The number of fused-ring (bicyclic) bond motifs is 3. The molecule has 3 aromatic rings. The lowest BCUT2D eigenvalue weighted by Gasteiger charge is -2.44. The van der Waals surface area contributed by atoms with E-state index in [-0.39, 0.29) is 53.4 Å². The van der Waals surface area contributed by atoms with Gasteiger partial charge in [0.05, 0.1) is 31.2 Å². The van der Waals surface area contributed by atoms with Crippen molar-refractivity contribution in [1.82, 2.24) is 4.90 Å². The third-order valence-electron chi connectivity index (χ3n) is 12.2. The summed E-state index contributed by atoms with van der Waals surface area (Å²) in [7, 11) is -2.86. The number of aliphatic hydroxyl groups excluding tert-OH is 1. The van der Waals surface area contributed by atoms with Crippen LogP contribution in [0, 0.1) is 17.8 Å². The van der Waals surface area contributed by atoms with E-state index in [9.17, 15) is 14.7 Å². The van der Waals surface area contributed by atoms with Crippen LogP contribution in [0.4, 0.5) is 0 Å². The van der Waals surface area contributed by atoms with Crippen LogP contribution in [0.25, 0.3) is 6.08 Å². The number of aliphatic hydroxyl groups is 1. The molecule has 3 heterocycles. The number of carbonyl (C=O) groups is 2. The average molecular weight is 722 g/mol. The van der Waals surface area contributed by atoms with E-state index in [1.165, 1.54) is 27.9 Å². The normalized spacial score (nSPS) is 24.5. The predicted molar refractivity (Wildman–Crippen MR) is 206 cm³/mol. The van der Waals surface area contributed by atoms with Crippen LogP contribution in [0.1, 0.15) is 97.0 Å². The highest BCUT2D eigenvalue weighted by atomic mass is 28.4. The van der Waals surface area contributed by atoms with E-state index in [1.807, 2.05) is 12.1 Å². The summed E-state index contributed by atoms with van der Waals surface area (Å²) in [6.45, 7) is 9.75. The van der Waals surface area contributed by atoms with Gasteiger partial charge in [0.1, 0.15) is 18.1 Å². The van der Waals surface area contributed by atoms with Gasteiger partial charge < -0.3 is 18.7 Å². The molecule has 276 valence electrons. The van der Waals surface area contributed by atoms with Gasteiger partial charge in [0.25, 0.3) is 8.32 Å². The second-order valence-electron chi connectivity index (χ2n) is 16.3. The first-order valence-electron chi connectivity index (χ1n) is 19.5. The minimum Gasteiger partial charge on any atom is -0.459 e. The molecule has 8 heteroatoms. The minimum absolute atomic E-state index is 0.0166. The summed E-state index contributed by atoms with van der Waals surface area (Å²) in [5.74, 6) is 0.466. The number of hydrogen-bond donors (Lipinski definition) is 1. The summed E-state index contributed by atoms with van der Waals surface area (Å²) >= 11 is 0. The van der Waals surface area contributed by atoms with E-state index in [4.69, 9.17) is 13.6 Å². The number of benzene rings is 2. The molecular formula is C44H55NO6Si. The van der Waals surface area contributed by atoms with E-state index >= 15 is 0 Å². The molecule has 4 aliphatic rings. The van der Waals surface area contributed by atoms with Crippen LogP contribution < -0.4 is 10.4 Å². The molecule has 2 aromatic carbocycles. The standard InChI is InChI=1S/C44H55NO6Si/c1-5-30(25-33-22-23-34(27-46)51-33)21-24-39-40-31(26-37-41(38(40)29-49-39)43(48)45(42(37)47)32-15-9-6-10-16-32)28-50-52(44(2,3)4,35-17-11-7-12-18-35)36-19-13-8-14-20-36/h7-8,11-14,17-20,22-23,25,32,37-39,41,46H,5-6,9-10,15-16,21,24,26-29H2,1-4H3/b30-25+/t37-,38+,39-,41-/m1/s1. The largest absolute Gasteiger partial charge is 0.459 e. The zero-order chi connectivity index (χ0) is 36.5. The van der Waals surface area contributed by atoms with Crippen molar-refractivity contribution in [2.24, 2.45) is 17.8 Å². The molecule has 0 radical (unpaired) electrons. The fraction of sp³-hybridized carbons (Fsp3) is 0.500. The monoisotopic (exact) mass is 721 g/mol. The number of furan rings is 1. The zero-order valence-electron chi connectivity index (χ0n) is 31.3. The average Bonchev–Trinajstić information content (AvgIpc) is 3.87. The topological polar surface area (TPSA) is 89.2 Å². The van der Waals surface area contributed by atoms with Gasteiger partial charge in [0, 0.05) is 12.0 Å². The fourth-order valence-electron chi connectivity index (χ4n) is 9.71. The van der Waals surface area contributed by atoms with Gasteiger partial charge in [-0.25, -0.2) is 0 Å². The van der Waals surface area contributed by atoms with Gasteiger partial charge in [-0.15, -0.1) is 0 Å². The summed E-state index contributed by atoms with van der Waals surface area (Å²) in [4.78, 5) is 30.3. The number of imide groups is 1. The van der Waals surface area contributed by atoms with Gasteiger partial charge in [-0.05, 0) is 83.3 Å². The first-order valence-corrected chi connectivity index (χ1v) is 21.4. The summed E-state index contributed by atoms with van der Waals surface area (Å²) in [5.41, 5.74) is 3.58. The van der Waals surface area contributed by atoms with Gasteiger partial charge in [-0.3, -0.25) is 14.5 Å². The second-order valence-corrected chi connectivity index (χ2v) is 20.6. The second kappa shape index (κ2) is 15.4. The van der Waals surface area contributed by atoms with Crippen LogP contribution in [0.15, 0.2) is 93.9 Å². The summed E-state index contributed by atoms with van der Waals surface area (Å²) < 4.78 is 20.0. The number of likely N-dealkylation sites (tertiary alicyclic amines) is 1. The molecule has 0 unspecified atom stereocenters. The molecule has 1 N–H and O–H groups in total. The molecule has 1 aromatic heterocycles. The van der Waals surface area contributed by atoms with Crippen LogP contribution in [0.2, 0.25) is 5.04 Å². The van der Waals surface area contributed by atoms with Crippen molar-refractivity contribution in [2.75, 3.05) is 13.2 Å². The Hall–Kier alpha value is -3.56. The third kappa shape index (κ3) is 6.83. The van der Waals surface area contributed by atoms with Gasteiger partial charge in [0.15, 0.2) is 0 Å². The van der Waals surface area contributed by atoms with Gasteiger partial charge >= 0.3 is 0 Å². The number of amides is 2. The predicted octanol–water partition coefficient (Wildman–Crippen LogP) is 7.57. The van der Waals surface area contributed by atoms with E-state index < -0.39 is 8.32 Å². The number of ether oxygens (including phenoxy) is 1. The molecule has 2 amide bonds. The van der Waals surface area contributed by atoms with E-state index in [0.717, 1.165) is 56.3 Å². The third-order valence-corrected chi connectivity index (χ3v) is 17.2. The Balaban J connectivity index is 1.25. The molecule has 2 aliphatic carbocycles. The Labute approximate surface area is 310 Å². The fourth-order valence-corrected chi connectivity index (χ4v) is 14.3. The Morgan fingerprint density at radius 3 is 2.19 bits per heavy atom. The number of allylic oxidation sites excluding steroid dienone is 1. The first kappa shape index (κ1) is 36.8. The number of rotatable bonds is 12. The maximum atomic E-state index is 14.3. The lowest BCUT2D eigenvalue weighted by Crippen LogP contribution is -2.66. The van der Waals surface area contributed by atoms with Crippen molar-refractivity contribution in [3.05, 3.63) is 101 Å². The lowest BCUT2D eigenvalue weighted by molar-refractivity contribution is -0.143. The smallest absolute Gasteiger partial charge is 0.261 e. The summed E-state index contributed by atoms with van der Waals surface area (Å²) in [5, 5.41) is 11.7. The Morgan fingerprint density at radius 1 is 0.923 bits per heavy atom. The van der Waals surface area contributed by atoms with Crippen molar-refractivity contribution >= 4 is 36.6 Å². The van der Waals surface area contributed by atoms with Crippen LogP contribution >= 0.6 is 0 Å². The van der Waals surface area contributed by atoms with Crippen molar-refractivity contribution in [1.29, 1.82) is 0 Å². The molecule has 0 spiro atoms. The van der Waals surface area contributed by atoms with Gasteiger partial charge in [-0.1, -0.05) is 113 Å². The van der Waals surface area contributed by atoms with Crippen molar-refractivity contribution in [2.45, 2.75) is 109 Å². The van der Waals surface area contributed by atoms with Crippen LogP contribution in [-0.2, 0) is 25.4 Å². The molecular weight excluding hydrogens is 667 g/mol. The number of hydrogen-bond acceptors (Lipinski definition) is 6. The number of nitrogens with zero attached hydrogens (tertiary/aromatic N) is 1. The van der Waals surface area contributed by atoms with Crippen molar-refractivity contribution < 1.29 is 28.3 Å². The van der Waals surface area contributed by atoms with E-state index in [2.05, 4.69) is 94.4 Å². The Bertz CT molecular complexity index is 1740. The molecule has 4 atom stereocenters.